The largest absolute Gasteiger partial charge is 1.00 e. The summed E-state index contributed by atoms with van der Waals surface area (Å²) in [6.45, 7) is -0.523. The third-order valence-corrected chi connectivity index (χ3v) is 3.46. The number of hydrogen-bond acceptors (Lipinski definition) is 7. The van der Waals surface area contributed by atoms with E-state index >= 15 is 0 Å². The molecule has 1 unspecified atom stereocenters. The summed E-state index contributed by atoms with van der Waals surface area (Å²) in [6.07, 6.45) is 2.94. The van der Waals surface area contributed by atoms with Gasteiger partial charge in [0.25, 0.3) is 13.4 Å². The monoisotopic (exact) mass is 338 g/mol. The molecule has 1 aromatic rings. The Balaban J connectivity index is 0.00000264. The van der Waals surface area contributed by atoms with Gasteiger partial charge in [-0.15, -0.1) is 6.42 Å². The molecule has 1 fully saturated rings. The van der Waals surface area contributed by atoms with Crippen LogP contribution in [0, 0.1) is 12.3 Å². The molecule has 1 aromatic heterocycles. The summed E-state index contributed by atoms with van der Waals surface area (Å²) in [6, 6.07) is 0. The SMILES string of the molecule is C#Cc1cn([C@@H]2O[C@H](COP(=O)([O-])O)C[C@H]2O)c(=O)[nH]c1=O.[Li+]. The van der Waals surface area contributed by atoms with Gasteiger partial charge in [0, 0.05) is 12.6 Å². The maximum atomic E-state index is 11.7. The van der Waals surface area contributed by atoms with Gasteiger partial charge in [0.15, 0.2) is 6.23 Å². The molecule has 4 atom stereocenters. The second-order valence-electron chi connectivity index (χ2n) is 4.57. The summed E-state index contributed by atoms with van der Waals surface area (Å²) in [4.78, 5) is 44.1. The fraction of sp³-hybridized carbons (Fsp3) is 0.455. The molecule has 3 N–H and O–H groups in total. The van der Waals surface area contributed by atoms with E-state index in [1.807, 2.05) is 4.98 Å². The topological polar surface area (TPSA) is 154 Å². The van der Waals surface area contributed by atoms with Crippen LogP contribution in [0.25, 0.3) is 0 Å². The molecule has 2 heterocycles. The number of rotatable bonds is 4. The predicted molar refractivity (Wildman–Crippen MR) is 69.6 cm³/mol. The van der Waals surface area contributed by atoms with Crippen molar-refractivity contribution >= 4 is 7.82 Å². The number of H-pyrrole nitrogens is 1. The summed E-state index contributed by atoms with van der Waals surface area (Å²) >= 11 is 0. The Morgan fingerprint density at radius 1 is 1.61 bits per heavy atom. The van der Waals surface area contributed by atoms with Crippen molar-refractivity contribution in [1.82, 2.24) is 9.55 Å². The Morgan fingerprint density at radius 2 is 2.26 bits per heavy atom. The standard InChI is InChI=1S/C11H13N2O8P.Li/c1-2-6-4-13(11(16)12-9(6)15)10-8(14)3-7(21-10)5-20-22(17,18)19;/h1,4,7-8,10,14H,3,5H2,(H,12,15,16)(H2,17,18,19);/q;+1/p-1/t7-,8+,10+;/m0./s1. The van der Waals surface area contributed by atoms with Crippen molar-refractivity contribution in [3.63, 3.8) is 0 Å². The molecule has 0 radical (unpaired) electrons. The van der Waals surface area contributed by atoms with Gasteiger partial charge >= 0.3 is 24.6 Å². The number of ether oxygens (including phenoxy) is 1. The first-order chi connectivity index (χ1) is 10.2. The van der Waals surface area contributed by atoms with Crippen LogP contribution in [0.5, 0.6) is 0 Å². The number of phosphoric ester groups is 1. The van der Waals surface area contributed by atoms with E-state index in [9.17, 15) is 24.2 Å². The number of phosphoric acid groups is 1. The smallest absolute Gasteiger partial charge is 0.756 e. The van der Waals surface area contributed by atoms with Gasteiger partial charge in [-0.2, -0.15) is 0 Å². The van der Waals surface area contributed by atoms with Gasteiger partial charge in [-0.05, 0) is 0 Å². The number of nitrogens with zero attached hydrogens (tertiary/aromatic N) is 1. The van der Waals surface area contributed by atoms with Crippen molar-refractivity contribution in [1.29, 1.82) is 0 Å². The van der Waals surface area contributed by atoms with Gasteiger partial charge in [0.2, 0.25) is 0 Å². The first-order valence-corrected chi connectivity index (χ1v) is 7.55. The van der Waals surface area contributed by atoms with Crippen molar-refractivity contribution < 1.29 is 47.6 Å². The van der Waals surface area contributed by atoms with Crippen molar-refractivity contribution in [2.24, 2.45) is 0 Å². The Morgan fingerprint density at radius 3 is 2.83 bits per heavy atom. The number of aromatic amines is 1. The minimum Gasteiger partial charge on any atom is -0.756 e. The van der Waals surface area contributed by atoms with Crippen LogP contribution < -0.4 is 35.0 Å². The van der Waals surface area contributed by atoms with Gasteiger partial charge in [-0.3, -0.25) is 18.9 Å². The summed E-state index contributed by atoms with van der Waals surface area (Å²) in [7, 11) is -4.91. The van der Waals surface area contributed by atoms with Crippen LogP contribution in [0.3, 0.4) is 0 Å². The Hall–Kier alpha value is -1.13. The van der Waals surface area contributed by atoms with Gasteiger partial charge in [0.1, 0.15) is 11.7 Å². The van der Waals surface area contributed by atoms with Crippen molar-refractivity contribution in [3.8, 4) is 12.3 Å². The number of terminal acetylenes is 1. The van der Waals surface area contributed by atoms with E-state index in [2.05, 4.69) is 10.4 Å². The number of nitrogens with one attached hydrogen (secondary N) is 1. The normalized spacial score (nSPS) is 26.1. The van der Waals surface area contributed by atoms with E-state index < -0.39 is 44.1 Å². The predicted octanol–water partition coefficient (Wildman–Crippen LogP) is -5.35. The molecule has 1 aliphatic rings. The Labute approximate surface area is 141 Å². The molecule has 1 saturated heterocycles. The van der Waals surface area contributed by atoms with E-state index in [1.54, 1.807) is 0 Å². The Kier molecular flexibility index (Phi) is 6.60. The van der Waals surface area contributed by atoms with Crippen LogP contribution in [0.15, 0.2) is 15.8 Å². The molecule has 120 valence electrons. The van der Waals surface area contributed by atoms with Crippen LogP contribution in [-0.2, 0) is 13.8 Å². The van der Waals surface area contributed by atoms with E-state index in [0.29, 0.717) is 0 Å². The van der Waals surface area contributed by atoms with Gasteiger partial charge < -0.3 is 24.2 Å². The zero-order valence-electron chi connectivity index (χ0n) is 12.0. The molecule has 0 amide bonds. The van der Waals surface area contributed by atoms with E-state index in [0.717, 1.165) is 10.8 Å². The van der Waals surface area contributed by atoms with E-state index in [-0.39, 0.29) is 30.8 Å². The number of hydrogen-bond donors (Lipinski definition) is 3. The fourth-order valence-corrected chi connectivity index (χ4v) is 2.40. The molecule has 10 nitrogen and oxygen atoms in total. The van der Waals surface area contributed by atoms with Gasteiger partial charge in [-0.25, -0.2) is 4.79 Å². The minimum absolute atomic E-state index is 0. The maximum Gasteiger partial charge on any atom is 1.00 e. The molecule has 23 heavy (non-hydrogen) atoms. The molecule has 0 aromatic carbocycles. The molecular formula is C11H12LiN2O8P. The second-order valence-corrected chi connectivity index (χ2v) is 5.76. The minimum atomic E-state index is -4.91. The van der Waals surface area contributed by atoms with Crippen LogP contribution in [-0.4, -0.2) is 38.4 Å². The zero-order chi connectivity index (χ0) is 16.5. The molecule has 2 rings (SSSR count). The molecule has 1 aliphatic heterocycles. The maximum absolute atomic E-state index is 11.7. The first kappa shape index (κ1) is 19.9. The average Bonchev–Trinajstić information content (AvgIpc) is 2.77. The van der Waals surface area contributed by atoms with E-state index in [4.69, 9.17) is 16.1 Å². The van der Waals surface area contributed by atoms with Crippen LogP contribution in [0.1, 0.15) is 18.2 Å². The third kappa shape index (κ3) is 4.92. The molecular weight excluding hydrogens is 326 g/mol. The number of aliphatic hydroxyl groups is 1. The third-order valence-electron chi connectivity index (χ3n) is 2.99. The quantitative estimate of drug-likeness (QED) is 0.279. The van der Waals surface area contributed by atoms with Crippen molar-refractivity contribution in [3.05, 3.63) is 32.6 Å². The first-order valence-electron chi connectivity index (χ1n) is 6.05. The molecule has 0 bridgehead atoms. The molecule has 0 aliphatic carbocycles. The molecule has 12 heteroatoms. The zero-order valence-corrected chi connectivity index (χ0v) is 12.9. The van der Waals surface area contributed by atoms with Crippen LogP contribution >= 0.6 is 7.82 Å². The van der Waals surface area contributed by atoms with Crippen LogP contribution in [0.2, 0.25) is 0 Å². The molecule has 0 saturated carbocycles. The summed E-state index contributed by atoms with van der Waals surface area (Å²) in [5, 5.41) is 9.91. The van der Waals surface area contributed by atoms with Crippen molar-refractivity contribution in [2.75, 3.05) is 6.61 Å². The summed E-state index contributed by atoms with van der Waals surface area (Å²) in [5.41, 5.74) is -1.72. The molecule has 0 spiro atoms. The number of aromatic nitrogens is 2. The second kappa shape index (κ2) is 7.62. The summed E-state index contributed by atoms with van der Waals surface area (Å²) in [5.74, 6) is 2.08. The van der Waals surface area contributed by atoms with Gasteiger partial charge in [-0.1, -0.05) is 5.92 Å². The number of aliphatic hydroxyl groups excluding tert-OH is 1. The van der Waals surface area contributed by atoms with Crippen molar-refractivity contribution in [2.45, 2.75) is 24.9 Å². The Bertz CT molecular complexity index is 763. The van der Waals surface area contributed by atoms with E-state index in [1.165, 1.54) is 0 Å². The summed E-state index contributed by atoms with van der Waals surface area (Å²) < 4.78 is 20.9. The fourth-order valence-electron chi connectivity index (χ4n) is 2.04. The van der Waals surface area contributed by atoms with Crippen LogP contribution in [0.4, 0.5) is 0 Å². The average molecular weight is 338 g/mol. The van der Waals surface area contributed by atoms with Gasteiger partial charge in [0.05, 0.1) is 12.7 Å².